The Bertz CT molecular complexity index is 1260. The number of piperazine rings is 1. The SMILES string of the molecule is Cc1cc(Nc2cc(N3CCN(C)CC3)nc(Oc3cc(F)c4[nH]c(C)cc4c3)n2)sn1. The Morgan fingerprint density at radius 3 is 2.62 bits per heavy atom. The molecule has 3 aromatic heterocycles. The van der Waals surface area contributed by atoms with E-state index in [-0.39, 0.29) is 11.8 Å². The van der Waals surface area contributed by atoms with Gasteiger partial charge < -0.3 is 24.8 Å². The summed E-state index contributed by atoms with van der Waals surface area (Å²) in [6.45, 7) is 7.45. The Hall–Kier alpha value is -3.24. The summed E-state index contributed by atoms with van der Waals surface area (Å²) in [4.78, 5) is 16.7. The molecule has 8 nitrogen and oxygen atoms in total. The van der Waals surface area contributed by atoms with Gasteiger partial charge in [-0.15, -0.1) is 0 Å². The molecule has 0 saturated carbocycles. The first-order valence-corrected chi connectivity index (χ1v) is 11.2. The molecular formula is C22H24FN7OS. The molecule has 0 bridgehead atoms. The van der Waals surface area contributed by atoms with E-state index in [0.717, 1.165) is 53.8 Å². The van der Waals surface area contributed by atoms with Crippen LogP contribution in [0.15, 0.2) is 30.3 Å². The number of fused-ring (bicyclic) bond motifs is 1. The first-order valence-electron chi connectivity index (χ1n) is 10.4. The Labute approximate surface area is 189 Å². The molecule has 1 aliphatic heterocycles. The Balaban J connectivity index is 1.48. The third-order valence-electron chi connectivity index (χ3n) is 5.40. The summed E-state index contributed by atoms with van der Waals surface area (Å²) in [7, 11) is 2.11. The zero-order valence-corrected chi connectivity index (χ0v) is 19.0. The van der Waals surface area contributed by atoms with Gasteiger partial charge in [-0.1, -0.05) is 0 Å². The van der Waals surface area contributed by atoms with Crippen LogP contribution in [0, 0.1) is 19.7 Å². The Morgan fingerprint density at radius 2 is 1.88 bits per heavy atom. The minimum atomic E-state index is -0.376. The van der Waals surface area contributed by atoms with Crippen LogP contribution in [0.25, 0.3) is 10.9 Å². The molecule has 0 atom stereocenters. The van der Waals surface area contributed by atoms with Crippen molar-refractivity contribution in [1.82, 2.24) is 24.2 Å². The summed E-state index contributed by atoms with van der Waals surface area (Å²) in [5, 5.41) is 4.92. The predicted molar refractivity (Wildman–Crippen MR) is 125 cm³/mol. The van der Waals surface area contributed by atoms with E-state index in [1.807, 2.05) is 32.0 Å². The number of nitrogens with one attached hydrogen (secondary N) is 2. The van der Waals surface area contributed by atoms with Crippen molar-refractivity contribution in [3.63, 3.8) is 0 Å². The smallest absolute Gasteiger partial charge is 0.325 e. The average molecular weight is 454 g/mol. The van der Waals surface area contributed by atoms with E-state index in [9.17, 15) is 4.39 Å². The van der Waals surface area contributed by atoms with Crippen LogP contribution in [0.1, 0.15) is 11.4 Å². The van der Waals surface area contributed by atoms with Gasteiger partial charge in [-0.05, 0) is 50.6 Å². The van der Waals surface area contributed by atoms with Gasteiger partial charge in [0.2, 0.25) is 0 Å². The highest BCUT2D eigenvalue weighted by Gasteiger charge is 2.19. The van der Waals surface area contributed by atoms with Crippen LogP contribution < -0.4 is 15.0 Å². The minimum Gasteiger partial charge on any atom is -0.424 e. The molecule has 10 heteroatoms. The van der Waals surface area contributed by atoms with E-state index in [2.05, 4.69) is 41.5 Å². The first kappa shape index (κ1) is 20.7. The van der Waals surface area contributed by atoms with Crippen molar-refractivity contribution in [3.05, 3.63) is 47.5 Å². The number of hydrogen-bond acceptors (Lipinski definition) is 8. The fourth-order valence-electron chi connectivity index (χ4n) is 3.75. The van der Waals surface area contributed by atoms with Gasteiger partial charge in [0.05, 0.1) is 11.2 Å². The fraction of sp³-hybridized carbons (Fsp3) is 0.318. The monoisotopic (exact) mass is 453 g/mol. The van der Waals surface area contributed by atoms with Crippen molar-refractivity contribution >= 4 is 39.1 Å². The zero-order chi connectivity index (χ0) is 22.2. The average Bonchev–Trinajstić information content (AvgIpc) is 3.33. The predicted octanol–water partition coefficient (Wildman–Crippen LogP) is 4.46. The molecule has 1 aromatic carbocycles. The fourth-order valence-corrected chi connectivity index (χ4v) is 4.42. The van der Waals surface area contributed by atoms with Crippen LogP contribution in [0.2, 0.25) is 0 Å². The number of aromatic amines is 1. The molecule has 4 aromatic rings. The quantitative estimate of drug-likeness (QED) is 0.462. The lowest BCUT2D eigenvalue weighted by molar-refractivity contribution is 0.311. The number of rotatable bonds is 5. The second kappa shape index (κ2) is 8.36. The molecule has 2 N–H and O–H groups in total. The van der Waals surface area contributed by atoms with Crippen molar-refractivity contribution in [2.24, 2.45) is 0 Å². The van der Waals surface area contributed by atoms with Crippen LogP contribution in [-0.4, -0.2) is 57.5 Å². The molecule has 0 amide bonds. The molecule has 166 valence electrons. The van der Waals surface area contributed by atoms with Crippen molar-refractivity contribution in [2.75, 3.05) is 43.4 Å². The maximum atomic E-state index is 14.6. The molecule has 0 aliphatic carbocycles. The highest BCUT2D eigenvalue weighted by molar-refractivity contribution is 7.10. The number of aryl methyl sites for hydroxylation is 2. The maximum Gasteiger partial charge on any atom is 0.325 e. The molecule has 0 unspecified atom stereocenters. The van der Waals surface area contributed by atoms with Gasteiger partial charge in [-0.3, -0.25) is 0 Å². The standard InChI is InChI=1S/C22H24FN7OS/c1-13-8-15-10-16(11-17(23)21(15)24-13)31-22-26-18(25-20-9-14(2)28-32-20)12-19(27-22)30-6-4-29(3)5-7-30/h8-12,24H,4-7H2,1-3H3,(H,25,26,27). The number of ether oxygens (including phenoxy) is 1. The lowest BCUT2D eigenvalue weighted by Crippen LogP contribution is -2.44. The largest absolute Gasteiger partial charge is 0.424 e. The van der Waals surface area contributed by atoms with Crippen LogP contribution in [0.4, 0.5) is 21.0 Å². The molecule has 0 spiro atoms. The number of anilines is 3. The van der Waals surface area contributed by atoms with Gasteiger partial charge >= 0.3 is 6.01 Å². The first-order chi connectivity index (χ1) is 15.4. The number of halogens is 1. The van der Waals surface area contributed by atoms with E-state index in [0.29, 0.717) is 17.1 Å². The minimum absolute atomic E-state index is 0.163. The van der Waals surface area contributed by atoms with Gasteiger partial charge in [0.1, 0.15) is 22.4 Å². The van der Waals surface area contributed by atoms with Crippen LogP contribution in [0.3, 0.4) is 0 Å². The molecule has 1 aliphatic rings. The molecule has 4 heterocycles. The van der Waals surface area contributed by atoms with Crippen molar-refractivity contribution in [1.29, 1.82) is 0 Å². The number of aromatic nitrogens is 4. The summed E-state index contributed by atoms with van der Waals surface area (Å²) >= 11 is 1.37. The highest BCUT2D eigenvalue weighted by atomic mass is 32.1. The van der Waals surface area contributed by atoms with E-state index in [1.54, 1.807) is 6.07 Å². The van der Waals surface area contributed by atoms with Crippen molar-refractivity contribution in [3.8, 4) is 11.8 Å². The molecule has 1 saturated heterocycles. The second-order valence-electron chi connectivity index (χ2n) is 8.07. The van der Waals surface area contributed by atoms with E-state index in [4.69, 9.17) is 4.74 Å². The van der Waals surface area contributed by atoms with E-state index >= 15 is 0 Å². The third kappa shape index (κ3) is 4.37. The van der Waals surface area contributed by atoms with Gasteiger partial charge in [0.15, 0.2) is 5.82 Å². The lowest BCUT2D eigenvalue weighted by Gasteiger charge is -2.33. The lowest BCUT2D eigenvalue weighted by atomic mass is 10.2. The second-order valence-corrected chi connectivity index (χ2v) is 8.87. The highest BCUT2D eigenvalue weighted by Crippen LogP contribution is 2.30. The van der Waals surface area contributed by atoms with Crippen LogP contribution >= 0.6 is 11.5 Å². The van der Waals surface area contributed by atoms with Crippen molar-refractivity contribution < 1.29 is 9.13 Å². The molecular weight excluding hydrogens is 429 g/mol. The number of hydrogen-bond donors (Lipinski definition) is 2. The number of nitrogens with zero attached hydrogens (tertiary/aromatic N) is 5. The van der Waals surface area contributed by atoms with Gasteiger partial charge in [0, 0.05) is 49.4 Å². The summed E-state index contributed by atoms with van der Waals surface area (Å²) in [5.41, 5.74) is 2.29. The molecule has 32 heavy (non-hydrogen) atoms. The normalized spacial score (nSPS) is 14.8. The number of likely N-dealkylation sites (N-methyl/N-ethyl adjacent to an activating group) is 1. The number of H-pyrrole nitrogens is 1. The van der Waals surface area contributed by atoms with E-state index in [1.165, 1.54) is 17.6 Å². The summed E-state index contributed by atoms with van der Waals surface area (Å²) in [6.07, 6.45) is 0. The van der Waals surface area contributed by atoms with Gasteiger partial charge in [-0.2, -0.15) is 14.3 Å². The van der Waals surface area contributed by atoms with Gasteiger partial charge in [-0.25, -0.2) is 4.39 Å². The topological polar surface area (TPSA) is 82.2 Å². The number of benzene rings is 1. The third-order valence-corrected chi connectivity index (χ3v) is 6.19. The zero-order valence-electron chi connectivity index (χ0n) is 18.1. The van der Waals surface area contributed by atoms with Crippen LogP contribution in [0.5, 0.6) is 11.8 Å². The maximum absolute atomic E-state index is 14.6. The molecule has 0 radical (unpaired) electrons. The molecule has 1 fully saturated rings. The summed E-state index contributed by atoms with van der Waals surface area (Å²) < 4.78 is 24.8. The Kier molecular flexibility index (Phi) is 5.40. The van der Waals surface area contributed by atoms with Gasteiger partial charge in [0.25, 0.3) is 0 Å². The summed E-state index contributed by atoms with van der Waals surface area (Å²) in [5.74, 6) is 1.35. The summed E-state index contributed by atoms with van der Waals surface area (Å²) in [6, 6.07) is 9.05. The van der Waals surface area contributed by atoms with Crippen LogP contribution in [-0.2, 0) is 0 Å². The Morgan fingerprint density at radius 1 is 1.06 bits per heavy atom. The molecule has 5 rings (SSSR count). The van der Waals surface area contributed by atoms with Crippen molar-refractivity contribution in [2.45, 2.75) is 13.8 Å². The van der Waals surface area contributed by atoms with E-state index < -0.39 is 0 Å².